The lowest BCUT2D eigenvalue weighted by molar-refractivity contribution is -0.159. The molecule has 0 radical (unpaired) electrons. The summed E-state index contributed by atoms with van der Waals surface area (Å²) in [5.74, 6) is -0.213. The summed E-state index contributed by atoms with van der Waals surface area (Å²) in [4.78, 5) is 41.7. The largest absolute Gasteiger partial charge is 0.481 e. The van der Waals surface area contributed by atoms with Gasteiger partial charge in [-0.15, -0.1) is 0 Å². The number of benzene rings is 1. The van der Waals surface area contributed by atoms with Gasteiger partial charge < -0.3 is 20.4 Å². The molecular formula is C33H44N2O6. The van der Waals surface area contributed by atoms with Gasteiger partial charge in [0.05, 0.1) is 12.1 Å². The standard InChI is InChI=1S/C33H44N2O6/c1-21(36)33(40)16-13-28-26-10-9-24-18-25(11-14-31(24,2)27(26)12-15-32(28,33)3)35-41-20-29(37)34-19-23(17-30(38)39)22-7-5-4-6-8-22/h4-8,18,23,26-28,40H,9-17,19-20H2,1-3H3,(H,34,37)(H,38,39)/b35-25+/t23-,26-,27-,28-,31+,32+,33+/m1/s1. The molecule has 1 amide bonds. The average Bonchev–Trinajstić information content (AvgIpc) is 3.23. The Hall–Kier alpha value is -3.00. The average molecular weight is 565 g/mol. The van der Waals surface area contributed by atoms with Crippen LogP contribution in [0.3, 0.4) is 0 Å². The summed E-state index contributed by atoms with van der Waals surface area (Å²) >= 11 is 0. The van der Waals surface area contributed by atoms with Gasteiger partial charge >= 0.3 is 5.97 Å². The molecule has 3 N–H and O–H groups in total. The number of aliphatic hydroxyl groups is 1. The number of nitrogens with zero attached hydrogens (tertiary/aromatic N) is 1. The zero-order chi connectivity index (χ0) is 29.4. The highest BCUT2D eigenvalue weighted by Gasteiger charge is 2.65. The molecule has 0 aromatic heterocycles. The summed E-state index contributed by atoms with van der Waals surface area (Å²) in [6, 6.07) is 9.32. The van der Waals surface area contributed by atoms with E-state index in [0.717, 1.165) is 56.2 Å². The van der Waals surface area contributed by atoms with Gasteiger partial charge in [0.25, 0.3) is 5.91 Å². The third-order valence-electron chi connectivity index (χ3n) is 11.3. The number of amides is 1. The Morgan fingerprint density at radius 1 is 1.05 bits per heavy atom. The van der Waals surface area contributed by atoms with Gasteiger partial charge in [-0.3, -0.25) is 14.4 Å². The van der Waals surface area contributed by atoms with Gasteiger partial charge in [0.1, 0.15) is 5.60 Å². The molecule has 3 fully saturated rings. The van der Waals surface area contributed by atoms with Gasteiger partial charge in [-0.1, -0.05) is 54.9 Å². The van der Waals surface area contributed by atoms with Crippen molar-refractivity contribution < 1.29 is 29.4 Å². The van der Waals surface area contributed by atoms with E-state index in [0.29, 0.717) is 24.2 Å². The van der Waals surface area contributed by atoms with E-state index < -0.39 is 11.6 Å². The molecule has 5 rings (SSSR count). The number of oxime groups is 1. The number of carboxylic acids is 1. The number of hydrogen-bond acceptors (Lipinski definition) is 6. The number of fused-ring (bicyclic) bond motifs is 5. The predicted octanol–water partition coefficient (Wildman–Crippen LogP) is 5.02. The molecule has 4 aliphatic carbocycles. The minimum atomic E-state index is -1.19. The highest BCUT2D eigenvalue weighted by Crippen LogP contribution is 2.67. The van der Waals surface area contributed by atoms with Crippen LogP contribution in [0.1, 0.15) is 90.0 Å². The normalized spacial score (nSPS) is 35.9. The monoisotopic (exact) mass is 564 g/mol. The second kappa shape index (κ2) is 11.3. The Morgan fingerprint density at radius 3 is 2.49 bits per heavy atom. The van der Waals surface area contributed by atoms with Gasteiger partial charge in [0, 0.05) is 17.9 Å². The zero-order valence-electron chi connectivity index (χ0n) is 24.5. The van der Waals surface area contributed by atoms with Crippen molar-refractivity contribution in [2.75, 3.05) is 13.2 Å². The fraction of sp³-hybridized carbons (Fsp3) is 0.636. The van der Waals surface area contributed by atoms with E-state index >= 15 is 0 Å². The minimum Gasteiger partial charge on any atom is -0.481 e. The molecule has 222 valence electrons. The quantitative estimate of drug-likeness (QED) is 0.362. The molecule has 0 aliphatic heterocycles. The van der Waals surface area contributed by atoms with E-state index in [1.54, 1.807) is 6.92 Å². The number of ketones is 1. The van der Waals surface area contributed by atoms with Crippen molar-refractivity contribution in [2.45, 2.75) is 90.1 Å². The Balaban J connectivity index is 1.18. The molecule has 0 spiro atoms. The van der Waals surface area contributed by atoms with E-state index in [9.17, 15) is 24.6 Å². The third-order valence-corrected chi connectivity index (χ3v) is 11.3. The molecular weight excluding hydrogens is 520 g/mol. The second-order valence-corrected chi connectivity index (χ2v) is 13.3. The number of aliphatic carboxylic acids is 1. The zero-order valence-corrected chi connectivity index (χ0v) is 24.5. The lowest BCUT2D eigenvalue weighted by Gasteiger charge is -2.59. The fourth-order valence-electron chi connectivity index (χ4n) is 8.94. The van der Waals surface area contributed by atoms with Crippen LogP contribution < -0.4 is 5.32 Å². The topological polar surface area (TPSA) is 125 Å². The highest BCUT2D eigenvalue weighted by atomic mass is 16.6. The maximum absolute atomic E-state index is 12.5. The van der Waals surface area contributed by atoms with Crippen LogP contribution in [0, 0.1) is 28.6 Å². The first-order valence-electron chi connectivity index (χ1n) is 15.1. The Bertz CT molecular complexity index is 1240. The lowest BCUT2D eigenvalue weighted by atomic mass is 9.46. The van der Waals surface area contributed by atoms with Crippen molar-refractivity contribution >= 4 is 23.4 Å². The first-order valence-corrected chi connectivity index (χ1v) is 15.1. The lowest BCUT2D eigenvalue weighted by Crippen LogP contribution is -2.57. The van der Waals surface area contributed by atoms with Crippen LogP contribution in [0.2, 0.25) is 0 Å². The van der Waals surface area contributed by atoms with Gasteiger partial charge in [0.2, 0.25) is 0 Å². The molecule has 0 bridgehead atoms. The molecule has 8 heteroatoms. The van der Waals surface area contributed by atoms with E-state index in [2.05, 4.69) is 30.4 Å². The van der Waals surface area contributed by atoms with Crippen molar-refractivity contribution in [3.05, 3.63) is 47.5 Å². The van der Waals surface area contributed by atoms with E-state index in [4.69, 9.17) is 4.84 Å². The molecule has 8 nitrogen and oxygen atoms in total. The second-order valence-electron chi connectivity index (χ2n) is 13.3. The SMILES string of the molecule is CC(=O)[C@@]1(O)CC[C@@H]2[C@@H]3CCC4=C/C(=N/OCC(=O)NC[C@@H](CC(=O)O)c5ccccc5)CC[C@]4(C)[C@@H]3CC[C@@]21C. The molecule has 41 heavy (non-hydrogen) atoms. The maximum atomic E-state index is 12.5. The molecule has 0 unspecified atom stereocenters. The van der Waals surface area contributed by atoms with Crippen LogP contribution in [0.25, 0.3) is 0 Å². The molecule has 1 aromatic carbocycles. The number of Topliss-reactive ketones (excluding diaryl/α,β-unsaturated/α-hetero) is 1. The molecule has 0 heterocycles. The van der Waals surface area contributed by atoms with Gasteiger partial charge in [0.15, 0.2) is 12.4 Å². The first kappa shape index (κ1) is 29.5. The van der Waals surface area contributed by atoms with Gasteiger partial charge in [-0.25, -0.2) is 0 Å². The molecule has 3 saturated carbocycles. The Kier molecular flexibility index (Phi) is 8.16. The highest BCUT2D eigenvalue weighted by molar-refractivity contribution is 5.96. The summed E-state index contributed by atoms with van der Waals surface area (Å²) in [6.45, 7) is 6.09. The first-order chi connectivity index (χ1) is 19.5. The van der Waals surface area contributed by atoms with Crippen LogP contribution in [-0.4, -0.2) is 52.3 Å². The number of nitrogens with one attached hydrogen (secondary N) is 1. The van der Waals surface area contributed by atoms with Crippen molar-refractivity contribution in [1.82, 2.24) is 5.32 Å². The summed E-state index contributed by atoms with van der Waals surface area (Å²) in [5.41, 5.74) is 1.68. The number of allylic oxidation sites excluding steroid dienone is 2. The van der Waals surface area contributed by atoms with Crippen LogP contribution in [-0.2, 0) is 19.2 Å². The number of rotatable bonds is 9. The van der Waals surface area contributed by atoms with Gasteiger partial charge in [-0.2, -0.15) is 0 Å². The Morgan fingerprint density at radius 2 is 1.78 bits per heavy atom. The van der Waals surface area contributed by atoms with Crippen molar-refractivity contribution in [3.8, 4) is 0 Å². The number of carboxylic acid groups (broad SMARTS) is 1. The predicted molar refractivity (Wildman–Crippen MR) is 155 cm³/mol. The summed E-state index contributed by atoms with van der Waals surface area (Å²) in [7, 11) is 0. The number of carbonyl (C=O) groups is 3. The molecule has 4 aliphatic rings. The summed E-state index contributed by atoms with van der Waals surface area (Å²) < 4.78 is 0. The van der Waals surface area contributed by atoms with Crippen molar-refractivity contribution in [3.63, 3.8) is 0 Å². The van der Waals surface area contributed by atoms with Crippen LogP contribution in [0.5, 0.6) is 0 Å². The smallest absolute Gasteiger partial charge is 0.304 e. The van der Waals surface area contributed by atoms with Crippen molar-refractivity contribution in [1.29, 1.82) is 0 Å². The maximum Gasteiger partial charge on any atom is 0.304 e. The fourth-order valence-corrected chi connectivity index (χ4v) is 8.94. The number of hydrogen-bond donors (Lipinski definition) is 3. The van der Waals surface area contributed by atoms with Crippen LogP contribution >= 0.6 is 0 Å². The molecule has 0 saturated heterocycles. The summed E-state index contributed by atoms with van der Waals surface area (Å²) in [5, 5.41) is 27.7. The van der Waals surface area contributed by atoms with E-state index in [-0.39, 0.29) is 48.0 Å². The Labute approximate surface area is 242 Å². The molecule has 1 aromatic rings. The van der Waals surface area contributed by atoms with E-state index in [1.165, 1.54) is 5.57 Å². The summed E-state index contributed by atoms with van der Waals surface area (Å²) in [6.07, 6.45) is 9.31. The molecule has 7 atom stereocenters. The van der Waals surface area contributed by atoms with Crippen LogP contribution in [0.15, 0.2) is 47.1 Å². The third kappa shape index (κ3) is 5.36. The van der Waals surface area contributed by atoms with E-state index in [1.807, 2.05) is 30.3 Å². The van der Waals surface area contributed by atoms with Crippen molar-refractivity contribution in [2.24, 2.45) is 33.7 Å². The minimum absolute atomic E-state index is 0.0702. The van der Waals surface area contributed by atoms with Crippen LogP contribution in [0.4, 0.5) is 0 Å². The number of carbonyl (C=O) groups excluding carboxylic acids is 2. The van der Waals surface area contributed by atoms with Gasteiger partial charge in [-0.05, 0) is 93.1 Å².